The van der Waals surface area contributed by atoms with Crippen molar-refractivity contribution in [1.29, 1.82) is 0 Å². The molecule has 0 atom stereocenters. The number of alkyl halides is 3. The number of pyridine rings is 1. The highest BCUT2D eigenvalue weighted by molar-refractivity contribution is 6.05. The fourth-order valence-corrected chi connectivity index (χ4v) is 4.23. The third-order valence-electron chi connectivity index (χ3n) is 6.12. The molecule has 2 amide bonds. The van der Waals surface area contributed by atoms with Crippen LogP contribution in [-0.4, -0.2) is 44.6 Å². The maximum Gasteiger partial charge on any atom is 0.435 e. The predicted octanol–water partition coefficient (Wildman–Crippen LogP) is 4.65. The van der Waals surface area contributed by atoms with Crippen molar-refractivity contribution >= 4 is 34.2 Å². The number of carbonyl (C=O) groups excluding carboxylic acids is 2. The van der Waals surface area contributed by atoms with Crippen molar-refractivity contribution in [2.24, 2.45) is 0 Å². The Kier molecular flexibility index (Phi) is 6.02. The minimum absolute atomic E-state index is 0.0858. The van der Waals surface area contributed by atoms with E-state index in [9.17, 15) is 27.2 Å². The van der Waals surface area contributed by atoms with Gasteiger partial charge in [-0.3, -0.25) is 9.59 Å². The molecule has 0 radical (unpaired) electrons. The van der Waals surface area contributed by atoms with E-state index in [0.717, 1.165) is 29.7 Å². The summed E-state index contributed by atoms with van der Waals surface area (Å²) in [7, 11) is 0. The van der Waals surface area contributed by atoms with Crippen LogP contribution in [-0.2, 0) is 6.18 Å². The lowest BCUT2D eigenvalue weighted by Crippen LogP contribution is -2.27. The number of amides is 2. The van der Waals surface area contributed by atoms with Crippen molar-refractivity contribution in [2.45, 2.75) is 19.0 Å². The zero-order valence-corrected chi connectivity index (χ0v) is 19.2. The van der Waals surface area contributed by atoms with Gasteiger partial charge in [-0.25, -0.2) is 14.1 Å². The van der Waals surface area contributed by atoms with Gasteiger partial charge in [-0.2, -0.15) is 18.3 Å². The van der Waals surface area contributed by atoms with E-state index in [2.05, 4.69) is 15.4 Å². The number of carbonyl (C=O) groups is 2. The summed E-state index contributed by atoms with van der Waals surface area (Å²) in [6.45, 7) is 1.15. The first-order valence-corrected chi connectivity index (χ1v) is 11.3. The predicted molar refractivity (Wildman–Crippen MR) is 128 cm³/mol. The van der Waals surface area contributed by atoms with Gasteiger partial charge in [0.15, 0.2) is 5.69 Å². The molecule has 3 heterocycles. The van der Waals surface area contributed by atoms with Crippen molar-refractivity contribution in [1.82, 2.24) is 19.7 Å². The molecule has 0 bridgehead atoms. The van der Waals surface area contributed by atoms with Gasteiger partial charge in [0.25, 0.3) is 11.8 Å². The first kappa shape index (κ1) is 24.2. The number of hydrogen-bond donors (Lipinski definition) is 2. The lowest BCUT2D eigenvalue weighted by atomic mass is 10.1. The minimum Gasteiger partial charge on any atom is -0.383 e. The zero-order chi connectivity index (χ0) is 26.3. The summed E-state index contributed by atoms with van der Waals surface area (Å²) in [4.78, 5) is 31.0. The van der Waals surface area contributed by atoms with Crippen molar-refractivity contribution < 1.29 is 27.2 Å². The van der Waals surface area contributed by atoms with Gasteiger partial charge in [0.2, 0.25) is 0 Å². The molecule has 8 nitrogen and oxygen atoms in total. The Morgan fingerprint density at radius 1 is 1.00 bits per heavy atom. The zero-order valence-electron chi connectivity index (χ0n) is 19.2. The van der Waals surface area contributed by atoms with Gasteiger partial charge in [-0.15, -0.1) is 0 Å². The van der Waals surface area contributed by atoms with E-state index in [1.807, 2.05) is 0 Å². The standard InChI is InChI=1S/C25H20F4N6O2/c26-19-11-15(24(37)34-9-1-2-10-34)4-6-17(19)23(36)32-21-13-20(25(27,28)29)33-35(21)16-5-3-14-7-8-31-22(30)18(14)12-16/h3-8,11-13H,1-2,9-10H2,(H2,30,31)(H,32,36). The van der Waals surface area contributed by atoms with Gasteiger partial charge in [-0.05, 0) is 54.6 Å². The third kappa shape index (κ3) is 4.69. The number of likely N-dealkylation sites (tertiary alicyclic amines) is 1. The topological polar surface area (TPSA) is 106 Å². The molecule has 1 aliphatic heterocycles. The van der Waals surface area contributed by atoms with Crippen LogP contribution >= 0.6 is 0 Å². The Hall–Kier alpha value is -4.48. The van der Waals surface area contributed by atoms with Crippen LogP contribution < -0.4 is 11.1 Å². The lowest BCUT2D eigenvalue weighted by Gasteiger charge is -2.15. The van der Waals surface area contributed by atoms with Crippen LogP contribution in [0.2, 0.25) is 0 Å². The van der Waals surface area contributed by atoms with Crippen LogP contribution in [0, 0.1) is 5.82 Å². The van der Waals surface area contributed by atoms with Gasteiger partial charge in [0, 0.05) is 36.3 Å². The summed E-state index contributed by atoms with van der Waals surface area (Å²) in [5.74, 6) is -2.50. The minimum atomic E-state index is -4.80. The number of benzene rings is 2. The molecule has 5 rings (SSSR count). The van der Waals surface area contributed by atoms with Crippen LogP contribution in [0.25, 0.3) is 16.5 Å². The van der Waals surface area contributed by atoms with E-state index in [1.54, 1.807) is 17.0 Å². The second-order valence-corrected chi connectivity index (χ2v) is 8.57. The average Bonchev–Trinajstić information content (AvgIpc) is 3.54. The van der Waals surface area contributed by atoms with E-state index in [0.29, 0.717) is 29.9 Å². The second kappa shape index (κ2) is 9.19. The monoisotopic (exact) mass is 512 g/mol. The number of rotatable bonds is 4. The van der Waals surface area contributed by atoms with Gasteiger partial charge in [0.1, 0.15) is 17.5 Å². The normalized spacial score (nSPS) is 13.8. The van der Waals surface area contributed by atoms with E-state index in [4.69, 9.17) is 5.73 Å². The molecule has 2 aromatic carbocycles. The SMILES string of the molecule is Nc1nccc2ccc(-n3nc(C(F)(F)F)cc3NC(=O)c3ccc(C(=O)N4CCCC4)cc3F)cc12. The number of aromatic nitrogens is 3. The Bertz CT molecular complexity index is 1530. The molecule has 4 aromatic rings. The fourth-order valence-electron chi connectivity index (χ4n) is 4.23. The van der Waals surface area contributed by atoms with Crippen molar-refractivity contribution in [3.05, 3.63) is 77.4 Å². The average molecular weight is 512 g/mol. The Morgan fingerprint density at radius 2 is 1.76 bits per heavy atom. The summed E-state index contributed by atoms with van der Waals surface area (Å²) in [6.07, 6.45) is -1.58. The summed E-state index contributed by atoms with van der Waals surface area (Å²) in [6, 6.07) is 10.3. The Morgan fingerprint density at radius 3 is 2.46 bits per heavy atom. The lowest BCUT2D eigenvalue weighted by molar-refractivity contribution is -0.141. The Labute approximate surface area is 207 Å². The quantitative estimate of drug-likeness (QED) is 0.387. The number of nitrogen functional groups attached to an aromatic ring is 1. The molecule has 2 aromatic heterocycles. The van der Waals surface area contributed by atoms with Crippen LogP contribution in [0.4, 0.5) is 29.2 Å². The van der Waals surface area contributed by atoms with Crippen molar-refractivity contribution in [3.63, 3.8) is 0 Å². The summed E-state index contributed by atoms with van der Waals surface area (Å²) < 4.78 is 56.1. The number of hydrogen-bond acceptors (Lipinski definition) is 5. The maximum atomic E-state index is 14.8. The maximum absolute atomic E-state index is 14.8. The highest BCUT2D eigenvalue weighted by atomic mass is 19.4. The molecule has 0 spiro atoms. The molecule has 0 unspecified atom stereocenters. The molecule has 3 N–H and O–H groups in total. The first-order valence-electron chi connectivity index (χ1n) is 11.3. The first-order chi connectivity index (χ1) is 17.6. The molecular weight excluding hydrogens is 492 g/mol. The van der Waals surface area contributed by atoms with E-state index >= 15 is 0 Å². The number of halogens is 4. The number of nitrogens with one attached hydrogen (secondary N) is 1. The van der Waals surface area contributed by atoms with Gasteiger partial charge < -0.3 is 16.0 Å². The van der Waals surface area contributed by atoms with Gasteiger partial charge in [-0.1, -0.05) is 6.07 Å². The summed E-state index contributed by atoms with van der Waals surface area (Å²) >= 11 is 0. The highest BCUT2D eigenvalue weighted by Gasteiger charge is 2.35. The number of nitrogens with zero attached hydrogens (tertiary/aromatic N) is 4. The largest absolute Gasteiger partial charge is 0.435 e. The molecule has 0 aliphatic carbocycles. The summed E-state index contributed by atoms with van der Waals surface area (Å²) in [5.41, 5.74) is 4.47. The van der Waals surface area contributed by atoms with Crippen LogP contribution in [0.5, 0.6) is 0 Å². The molecule has 12 heteroatoms. The van der Waals surface area contributed by atoms with Crippen molar-refractivity contribution in [2.75, 3.05) is 24.1 Å². The van der Waals surface area contributed by atoms with Crippen LogP contribution in [0.1, 0.15) is 39.3 Å². The molecule has 1 saturated heterocycles. The van der Waals surface area contributed by atoms with E-state index in [1.165, 1.54) is 24.4 Å². The molecule has 37 heavy (non-hydrogen) atoms. The smallest absolute Gasteiger partial charge is 0.383 e. The third-order valence-corrected chi connectivity index (χ3v) is 6.12. The molecule has 190 valence electrons. The van der Waals surface area contributed by atoms with E-state index < -0.39 is 29.2 Å². The number of nitrogens with two attached hydrogens (primary N) is 1. The highest BCUT2D eigenvalue weighted by Crippen LogP contribution is 2.32. The van der Waals surface area contributed by atoms with E-state index in [-0.39, 0.29) is 28.8 Å². The molecule has 1 aliphatic rings. The van der Waals surface area contributed by atoms with Gasteiger partial charge in [0.05, 0.1) is 11.3 Å². The van der Waals surface area contributed by atoms with Gasteiger partial charge >= 0.3 is 6.18 Å². The summed E-state index contributed by atoms with van der Waals surface area (Å²) in [5, 5.41) is 7.10. The molecule has 1 fully saturated rings. The molecule has 0 saturated carbocycles. The number of anilines is 2. The fraction of sp³-hybridized carbons (Fsp3) is 0.200. The van der Waals surface area contributed by atoms with Crippen LogP contribution in [0.15, 0.2) is 54.7 Å². The van der Waals surface area contributed by atoms with Crippen LogP contribution in [0.3, 0.4) is 0 Å². The van der Waals surface area contributed by atoms with Crippen molar-refractivity contribution in [3.8, 4) is 5.69 Å². The second-order valence-electron chi connectivity index (χ2n) is 8.57. The molecular formula is C25H20F4N6O2. The Balaban J connectivity index is 1.48. The number of fused-ring (bicyclic) bond motifs is 1.